The largest absolute Gasteiger partial charge is 0.294 e. The van der Waals surface area contributed by atoms with Crippen LogP contribution in [0.25, 0.3) is 0 Å². The van der Waals surface area contributed by atoms with Crippen LogP contribution >= 0.6 is 11.6 Å². The Bertz CT molecular complexity index is 405. The molecule has 0 aliphatic heterocycles. The summed E-state index contributed by atoms with van der Waals surface area (Å²) in [6, 6.07) is 1.51. The maximum Gasteiger partial charge on any atom is 0.241 e. The Morgan fingerprint density at radius 3 is 2.29 bits per heavy atom. The molecule has 0 aliphatic rings. The smallest absolute Gasteiger partial charge is 0.241 e. The van der Waals surface area contributed by atoms with Crippen LogP contribution in [0.3, 0.4) is 0 Å². The number of nitrogens with one attached hydrogen (secondary N) is 1. The number of amides is 1. The maximum atomic E-state index is 13.0. The summed E-state index contributed by atoms with van der Waals surface area (Å²) in [4.78, 5) is 11.4. The molecule has 1 aromatic rings. The van der Waals surface area contributed by atoms with Gasteiger partial charge in [-0.1, -0.05) is 0 Å². The van der Waals surface area contributed by atoms with Gasteiger partial charge in [-0.3, -0.25) is 10.2 Å². The lowest BCUT2D eigenvalue weighted by atomic mass is 9.95. The van der Waals surface area contributed by atoms with E-state index < -0.39 is 29.3 Å². The zero-order valence-corrected chi connectivity index (χ0v) is 9.40. The number of hydrazine groups is 1. The first-order valence-corrected chi connectivity index (χ1v) is 5.25. The molecule has 1 aromatic carbocycles. The van der Waals surface area contributed by atoms with Crippen LogP contribution in [0.15, 0.2) is 12.1 Å². The molecule has 0 saturated heterocycles. The summed E-state index contributed by atoms with van der Waals surface area (Å²) in [5.41, 5.74) is 1.86. The van der Waals surface area contributed by atoms with Crippen molar-refractivity contribution in [2.45, 2.75) is 12.3 Å². The molecule has 0 spiro atoms. The van der Waals surface area contributed by atoms with E-state index in [0.29, 0.717) is 0 Å². The van der Waals surface area contributed by atoms with Crippen molar-refractivity contribution in [3.63, 3.8) is 0 Å². The van der Waals surface area contributed by atoms with E-state index in [2.05, 4.69) is 0 Å². The van der Waals surface area contributed by atoms with E-state index in [0.717, 1.165) is 12.1 Å². The van der Waals surface area contributed by atoms with Crippen molar-refractivity contribution in [3.05, 3.63) is 35.1 Å². The molecule has 0 aliphatic carbocycles. The van der Waals surface area contributed by atoms with Gasteiger partial charge in [0.25, 0.3) is 0 Å². The third-order valence-corrected chi connectivity index (χ3v) is 2.48. The van der Waals surface area contributed by atoms with Crippen molar-refractivity contribution >= 4 is 17.5 Å². The highest BCUT2D eigenvalue weighted by Crippen LogP contribution is 2.24. The van der Waals surface area contributed by atoms with Gasteiger partial charge in [0.05, 0.1) is 5.92 Å². The van der Waals surface area contributed by atoms with E-state index in [1.54, 1.807) is 0 Å². The fraction of sp³-hybridized carbons (Fsp3) is 0.300. The normalized spacial score (nSPS) is 12.3. The van der Waals surface area contributed by atoms with E-state index in [9.17, 15) is 18.0 Å². The topological polar surface area (TPSA) is 55.1 Å². The van der Waals surface area contributed by atoms with Crippen LogP contribution in [0, 0.1) is 17.5 Å². The first kappa shape index (κ1) is 13.8. The van der Waals surface area contributed by atoms with Crippen LogP contribution in [0.5, 0.6) is 0 Å². The first-order valence-electron chi connectivity index (χ1n) is 4.72. The molecule has 17 heavy (non-hydrogen) atoms. The monoisotopic (exact) mass is 266 g/mol. The molecular formula is C10H10ClF3N2O. The Morgan fingerprint density at radius 2 is 1.88 bits per heavy atom. The molecule has 3 nitrogen and oxygen atoms in total. The predicted molar refractivity (Wildman–Crippen MR) is 56.7 cm³/mol. The second-order valence-electron chi connectivity index (χ2n) is 3.34. The van der Waals surface area contributed by atoms with Crippen molar-refractivity contribution in [1.29, 1.82) is 0 Å². The van der Waals surface area contributed by atoms with E-state index >= 15 is 0 Å². The Kier molecular flexibility index (Phi) is 4.77. The van der Waals surface area contributed by atoms with Crippen molar-refractivity contribution in [2.75, 3.05) is 5.88 Å². The molecule has 1 rings (SSSR count). The van der Waals surface area contributed by atoms with Gasteiger partial charge in [0, 0.05) is 5.88 Å². The molecule has 3 N–H and O–H groups in total. The van der Waals surface area contributed by atoms with Crippen molar-refractivity contribution < 1.29 is 18.0 Å². The van der Waals surface area contributed by atoms with Crippen LogP contribution in [0.4, 0.5) is 13.2 Å². The number of carbonyl (C=O) groups excluding carboxylic acids is 1. The van der Waals surface area contributed by atoms with Crippen LogP contribution < -0.4 is 11.3 Å². The summed E-state index contributed by atoms with van der Waals surface area (Å²) in [6.07, 6.45) is 0.134. The SMILES string of the molecule is NNC(=O)C(CCCl)c1cc(F)c(F)c(F)c1. The third-order valence-electron chi connectivity index (χ3n) is 2.27. The van der Waals surface area contributed by atoms with E-state index in [1.165, 1.54) is 0 Å². The Morgan fingerprint density at radius 1 is 1.35 bits per heavy atom. The fourth-order valence-electron chi connectivity index (χ4n) is 1.44. The van der Waals surface area contributed by atoms with E-state index in [1.807, 2.05) is 5.43 Å². The third kappa shape index (κ3) is 3.10. The summed E-state index contributed by atoms with van der Waals surface area (Å²) in [5, 5.41) is 0. The second-order valence-corrected chi connectivity index (χ2v) is 3.72. The highest BCUT2D eigenvalue weighted by Gasteiger charge is 2.22. The molecule has 7 heteroatoms. The lowest BCUT2D eigenvalue weighted by molar-refractivity contribution is -0.122. The zero-order chi connectivity index (χ0) is 13.0. The number of rotatable bonds is 4. The highest BCUT2D eigenvalue weighted by atomic mass is 35.5. The number of carbonyl (C=O) groups is 1. The lowest BCUT2D eigenvalue weighted by Crippen LogP contribution is -2.35. The number of halogens is 4. The molecule has 0 radical (unpaired) electrons. The summed E-state index contributed by atoms with van der Waals surface area (Å²) in [7, 11) is 0. The number of hydrogen-bond acceptors (Lipinski definition) is 2. The molecular weight excluding hydrogens is 257 g/mol. The summed E-state index contributed by atoms with van der Waals surface area (Å²) in [5.74, 6) is -0.810. The fourth-order valence-corrected chi connectivity index (χ4v) is 1.65. The molecule has 0 heterocycles. The predicted octanol–water partition coefficient (Wildman–Crippen LogP) is 1.81. The molecule has 0 aromatic heterocycles. The molecule has 1 atom stereocenters. The number of nitrogens with two attached hydrogens (primary N) is 1. The quantitative estimate of drug-likeness (QED) is 0.287. The van der Waals surface area contributed by atoms with Gasteiger partial charge in [0.2, 0.25) is 5.91 Å². The van der Waals surface area contributed by atoms with Crippen molar-refractivity contribution in [1.82, 2.24) is 5.43 Å². The van der Waals surface area contributed by atoms with Crippen molar-refractivity contribution in [3.8, 4) is 0 Å². The van der Waals surface area contributed by atoms with Gasteiger partial charge in [0.15, 0.2) is 17.5 Å². The minimum Gasteiger partial charge on any atom is -0.294 e. The Labute approximate surface area is 101 Å². The highest BCUT2D eigenvalue weighted by molar-refractivity contribution is 6.18. The van der Waals surface area contributed by atoms with Gasteiger partial charge in [-0.15, -0.1) is 11.6 Å². The van der Waals surface area contributed by atoms with Crippen LogP contribution in [0.2, 0.25) is 0 Å². The maximum absolute atomic E-state index is 13.0. The van der Waals surface area contributed by atoms with Gasteiger partial charge in [0.1, 0.15) is 0 Å². The standard InChI is InChI=1S/C10H10ClF3N2O/c11-2-1-6(10(17)16-15)5-3-7(12)9(14)8(13)4-5/h3-4,6H,1-2,15H2,(H,16,17). The molecule has 0 saturated carbocycles. The van der Waals surface area contributed by atoms with Gasteiger partial charge >= 0.3 is 0 Å². The number of benzene rings is 1. The minimum atomic E-state index is -1.58. The Hall–Kier alpha value is -1.27. The number of hydrogen-bond donors (Lipinski definition) is 2. The molecule has 0 bridgehead atoms. The lowest BCUT2D eigenvalue weighted by Gasteiger charge is -2.14. The first-order chi connectivity index (χ1) is 8.01. The Balaban J connectivity index is 3.14. The van der Waals surface area contributed by atoms with Gasteiger partial charge in [-0.05, 0) is 24.1 Å². The van der Waals surface area contributed by atoms with Gasteiger partial charge in [-0.25, -0.2) is 19.0 Å². The van der Waals surface area contributed by atoms with Crippen molar-refractivity contribution in [2.24, 2.45) is 5.84 Å². The van der Waals surface area contributed by atoms with Crippen LogP contribution in [0.1, 0.15) is 17.9 Å². The zero-order valence-electron chi connectivity index (χ0n) is 8.64. The molecule has 1 amide bonds. The molecule has 0 fully saturated rings. The minimum absolute atomic E-state index is 0.00926. The average Bonchev–Trinajstić information content (AvgIpc) is 2.31. The number of alkyl halides is 1. The summed E-state index contributed by atoms with van der Waals surface area (Å²) < 4.78 is 38.7. The summed E-state index contributed by atoms with van der Waals surface area (Å²) >= 11 is 5.48. The van der Waals surface area contributed by atoms with E-state index in [4.69, 9.17) is 17.4 Å². The van der Waals surface area contributed by atoms with Gasteiger partial charge in [-0.2, -0.15) is 0 Å². The van der Waals surface area contributed by atoms with Crippen LogP contribution in [-0.4, -0.2) is 11.8 Å². The van der Waals surface area contributed by atoms with Gasteiger partial charge < -0.3 is 0 Å². The molecule has 1 unspecified atom stereocenters. The molecule has 94 valence electrons. The van der Waals surface area contributed by atoms with Crippen LogP contribution in [-0.2, 0) is 4.79 Å². The summed E-state index contributed by atoms with van der Waals surface area (Å²) in [6.45, 7) is 0. The van der Waals surface area contributed by atoms with E-state index in [-0.39, 0.29) is 17.9 Å². The average molecular weight is 267 g/mol. The second kappa shape index (κ2) is 5.88.